The number of carboxylic acids is 1. The van der Waals surface area contributed by atoms with Gasteiger partial charge in [-0.2, -0.15) is 0 Å². The van der Waals surface area contributed by atoms with Gasteiger partial charge in [-0.05, 0) is 19.1 Å². The third-order valence-corrected chi connectivity index (χ3v) is 1.92. The molecule has 1 aromatic heterocycles. The summed E-state index contributed by atoms with van der Waals surface area (Å²) in [6.07, 6.45) is 0. The number of carboxylic acid groups (broad SMARTS) is 1. The average molecular weight is 164 g/mol. The molecular formula is C6H5NaO2S. The molecule has 1 rings (SSSR count). The Kier molecular flexibility index (Phi) is 4.20. The normalized spacial score (nSPS) is 8.50. The second-order valence-electron chi connectivity index (χ2n) is 1.70. The van der Waals surface area contributed by atoms with Gasteiger partial charge in [-0.15, -0.1) is 11.3 Å². The van der Waals surface area contributed by atoms with Crippen LogP contribution in [0, 0.1) is 6.92 Å². The van der Waals surface area contributed by atoms with Crippen molar-refractivity contribution in [2.45, 2.75) is 6.92 Å². The molecule has 10 heavy (non-hydrogen) atoms. The molecule has 0 spiro atoms. The number of carbonyl (C=O) groups excluding carboxylic acids is 1. The van der Waals surface area contributed by atoms with Gasteiger partial charge in [0.2, 0.25) is 0 Å². The second-order valence-corrected chi connectivity index (χ2v) is 2.99. The fourth-order valence-corrected chi connectivity index (χ4v) is 1.25. The zero-order chi connectivity index (χ0) is 6.85. The van der Waals surface area contributed by atoms with E-state index in [4.69, 9.17) is 0 Å². The summed E-state index contributed by atoms with van der Waals surface area (Å²) in [6, 6.07) is 3.31. The molecule has 0 fully saturated rings. The number of rotatable bonds is 1. The summed E-state index contributed by atoms with van der Waals surface area (Å²) >= 11 is 1.23. The summed E-state index contributed by atoms with van der Waals surface area (Å²) in [4.78, 5) is 11.4. The van der Waals surface area contributed by atoms with Crippen molar-refractivity contribution in [3.05, 3.63) is 21.9 Å². The molecule has 0 unspecified atom stereocenters. The molecule has 0 atom stereocenters. The van der Waals surface area contributed by atoms with Crippen LogP contribution in [0.15, 0.2) is 12.1 Å². The molecule has 0 aliphatic carbocycles. The molecule has 0 aliphatic rings. The third kappa shape index (κ3) is 2.42. The first-order chi connectivity index (χ1) is 4.20. The standard InChI is InChI=1S/C6H6O2S.Na/c1-4-2-3-5(9-4)6(7)8;/h2-3H,1H3,(H,7,8);/q;+1/p-1. The van der Waals surface area contributed by atoms with E-state index in [2.05, 4.69) is 0 Å². The van der Waals surface area contributed by atoms with Gasteiger partial charge in [-0.25, -0.2) is 0 Å². The number of aryl methyl sites for hydroxylation is 1. The zero-order valence-electron chi connectivity index (χ0n) is 5.88. The van der Waals surface area contributed by atoms with E-state index < -0.39 is 5.97 Å². The van der Waals surface area contributed by atoms with Gasteiger partial charge in [-0.1, -0.05) is 0 Å². The maximum absolute atomic E-state index is 10.1. The molecule has 0 amide bonds. The van der Waals surface area contributed by atoms with E-state index in [0.29, 0.717) is 4.88 Å². The molecule has 0 aromatic carbocycles. The van der Waals surface area contributed by atoms with Crippen LogP contribution in [0.4, 0.5) is 0 Å². The SMILES string of the molecule is Cc1ccc(C(=O)[O-])s1.[Na+]. The quantitative estimate of drug-likeness (QED) is 0.428. The molecular weight excluding hydrogens is 159 g/mol. The van der Waals surface area contributed by atoms with Gasteiger partial charge in [0.15, 0.2) is 0 Å². The molecule has 0 radical (unpaired) electrons. The molecule has 1 aromatic rings. The van der Waals surface area contributed by atoms with Gasteiger partial charge < -0.3 is 9.90 Å². The Morgan fingerprint density at radius 2 is 2.20 bits per heavy atom. The topological polar surface area (TPSA) is 40.1 Å². The minimum atomic E-state index is -1.09. The first kappa shape index (κ1) is 10.2. The van der Waals surface area contributed by atoms with Crippen LogP contribution in [0.25, 0.3) is 0 Å². The van der Waals surface area contributed by atoms with Crippen molar-refractivity contribution < 1.29 is 39.5 Å². The summed E-state index contributed by atoms with van der Waals surface area (Å²) < 4.78 is 0. The Bertz CT molecular complexity index is 231. The first-order valence-electron chi connectivity index (χ1n) is 2.48. The van der Waals surface area contributed by atoms with Gasteiger partial charge >= 0.3 is 29.6 Å². The van der Waals surface area contributed by atoms with E-state index in [-0.39, 0.29) is 29.6 Å². The van der Waals surface area contributed by atoms with Gasteiger partial charge in [0.1, 0.15) is 0 Å². The van der Waals surface area contributed by atoms with Crippen molar-refractivity contribution in [2.24, 2.45) is 0 Å². The zero-order valence-corrected chi connectivity index (χ0v) is 8.70. The Morgan fingerprint density at radius 3 is 2.40 bits per heavy atom. The number of hydrogen-bond donors (Lipinski definition) is 0. The Labute approximate surface area is 85.2 Å². The van der Waals surface area contributed by atoms with Crippen molar-refractivity contribution in [3.8, 4) is 0 Å². The molecule has 48 valence electrons. The van der Waals surface area contributed by atoms with Crippen LogP contribution in [0.2, 0.25) is 0 Å². The van der Waals surface area contributed by atoms with Crippen LogP contribution in [0.3, 0.4) is 0 Å². The van der Waals surface area contributed by atoms with Crippen molar-refractivity contribution >= 4 is 17.3 Å². The average Bonchev–Trinajstić information content (AvgIpc) is 2.14. The molecule has 0 saturated heterocycles. The van der Waals surface area contributed by atoms with Crippen LogP contribution in [0.5, 0.6) is 0 Å². The minimum Gasteiger partial charge on any atom is -0.544 e. The number of carbonyl (C=O) groups is 1. The molecule has 2 nitrogen and oxygen atoms in total. The second kappa shape index (κ2) is 4.13. The predicted molar refractivity (Wildman–Crippen MR) is 33.4 cm³/mol. The van der Waals surface area contributed by atoms with Gasteiger partial charge in [0, 0.05) is 4.88 Å². The number of aromatic carboxylic acids is 1. The molecule has 0 N–H and O–H groups in total. The van der Waals surface area contributed by atoms with E-state index in [1.54, 1.807) is 12.1 Å². The molecule has 0 aliphatic heterocycles. The van der Waals surface area contributed by atoms with Gasteiger partial charge in [0.05, 0.1) is 10.8 Å². The monoisotopic (exact) mass is 164 g/mol. The van der Waals surface area contributed by atoms with Crippen LogP contribution >= 0.6 is 11.3 Å². The number of thiophene rings is 1. The van der Waals surface area contributed by atoms with Crippen molar-refractivity contribution in [1.29, 1.82) is 0 Å². The Morgan fingerprint density at radius 1 is 1.60 bits per heavy atom. The van der Waals surface area contributed by atoms with Crippen LogP contribution in [-0.2, 0) is 0 Å². The van der Waals surface area contributed by atoms with Crippen molar-refractivity contribution in [3.63, 3.8) is 0 Å². The van der Waals surface area contributed by atoms with E-state index in [1.807, 2.05) is 6.92 Å². The Balaban J connectivity index is 0.000000810. The smallest absolute Gasteiger partial charge is 0.544 e. The number of hydrogen-bond acceptors (Lipinski definition) is 3. The molecule has 4 heteroatoms. The summed E-state index contributed by atoms with van der Waals surface area (Å²) in [7, 11) is 0. The summed E-state index contributed by atoms with van der Waals surface area (Å²) in [5.41, 5.74) is 0. The largest absolute Gasteiger partial charge is 1.00 e. The van der Waals surface area contributed by atoms with E-state index in [0.717, 1.165) is 4.88 Å². The van der Waals surface area contributed by atoms with Crippen molar-refractivity contribution in [1.82, 2.24) is 0 Å². The van der Waals surface area contributed by atoms with Crippen molar-refractivity contribution in [2.75, 3.05) is 0 Å². The minimum absolute atomic E-state index is 0. The van der Waals surface area contributed by atoms with Crippen LogP contribution < -0.4 is 34.7 Å². The Hall–Kier alpha value is 0.170. The summed E-state index contributed by atoms with van der Waals surface area (Å²) in [5.74, 6) is -1.09. The summed E-state index contributed by atoms with van der Waals surface area (Å²) in [5, 5.41) is 10.1. The summed E-state index contributed by atoms with van der Waals surface area (Å²) in [6.45, 7) is 1.86. The van der Waals surface area contributed by atoms with E-state index in [1.165, 1.54) is 11.3 Å². The van der Waals surface area contributed by atoms with E-state index in [9.17, 15) is 9.90 Å². The third-order valence-electron chi connectivity index (χ3n) is 0.942. The molecule has 1 heterocycles. The van der Waals surface area contributed by atoms with E-state index >= 15 is 0 Å². The maximum Gasteiger partial charge on any atom is 1.00 e. The van der Waals surface area contributed by atoms with Crippen LogP contribution in [0.1, 0.15) is 14.5 Å². The first-order valence-corrected chi connectivity index (χ1v) is 3.29. The van der Waals surface area contributed by atoms with Crippen LogP contribution in [-0.4, -0.2) is 5.97 Å². The maximum atomic E-state index is 10.1. The predicted octanol–water partition coefficient (Wildman–Crippen LogP) is -2.58. The van der Waals surface area contributed by atoms with Gasteiger partial charge in [-0.3, -0.25) is 0 Å². The van der Waals surface area contributed by atoms with Gasteiger partial charge in [0.25, 0.3) is 0 Å². The molecule has 0 bridgehead atoms. The fraction of sp³-hybridized carbons (Fsp3) is 0.167. The fourth-order valence-electron chi connectivity index (χ4n) is 0.544. The molecule has 0 saturated carbocycles.